The topological polar surface area (TPSA) is 95.7 Å². The molecule has 1 aromatic carbocycles. The zero-order valence-electron chi connectivity index (χ0n) is 13.8. The lowest BCUT2D eigenvalue weighted by molar-refractivity contribution is -0.283. The van der Waals surface area contributed by atoms with Crippen LogP contribution in [0.2, 0.25) is 0 Å². The first kappa shape index (κ1) is 16.9. The van der Waals surface area contributed by atoms with Crippen molar-refractivity contribution >= 4 is 5.97 Å². The molecule has 1 aromatic rings. The Morgan fingerprint density at radius 2 is 2.08 bits per heavy atom. The zero-order valence-corrected chi connectivity index (χ0v) is 13.8. The van der Waals surface area contributed by atoms with Gasteiger partial charge in [0.1, 0.15) is 18.1 Å². The molecule has 0 amide bonds. The molecule has 130 valence electrons. The third-order valence-corrected chi connectivity index (χ3v) is 3.69. The van der Waals surface area contributed by atoms with Crippen LogP contribution in [0.3, 0.4) is 0 Å². The van der Waals surface area contributed by atoms with Gasteiger partial charge in [0.2, 0.25) is 0 Å². The van der Waals surface area contributed by atoms with Crippen molar-refractivity contribution in [3.63, 3.8) is 0 Å². The van der Waals surface area contributed by atoms with E-state index in [1.165, 1.54) is 20.3 Å². The molecule has 0 spiro atoms. The van der Waals surface area contributed by atoms with E-state index in [-0.39, 0.29) is 12.2 Å². The first-order chi connectivity index (χ1) is 12.1. The van der Waals surface area contributed by atoms with Crippen LogP contribution in [-0.2, 0) is 22.9 Å². The minimum atomic E-state index is -0.996. The Kier molecular flexibility index (Phi) is 4.92. The number of methoxy groups -OCH3 is 1. The molecule has 8 nitrogen and oxygen atoms in total. The Bertz CT molecular complexity index is 861. The lowest BCUT2D eigenvalue weighted by Crippen LogP contribution is -2.07. The van der Waals surface area contributed by atoms with E-state index in [4.69, 9.17) is 14.7 Å². The summed E-state index contributed by atoms with van der Waals surface area (Å²) in [5.74, 6) is 0.725. The lowest BCUT2D eigenvalue weighted by Gasteiger charge is -2.13. The van der Waals surface area contributed by atoms with Crippen molar-refractivity contribution in [1.82, 2.24) is 14.5 Å². The van der Waals surface area contributed by atoms with E-state index in [1.54, 1.807) is 12.1 Å². The minimum absolute atomic E-state index is 0.155. The number of aromatic nitrogens is 3. The van der Waals surface area contributed by atoms with Crippen LogP contribution in [0, 0.1) is 0 Å². The van der Waals surface area contributed by atoms with Crippen LogP contribution in [0.4, 0.5) is 0 Å². The van der Waals surface area contributed by atoms with Crippen LogP contribution in [0.1, 0.15) is 21.7 Å². The number of ether oxygens (including phenoxy) is 1. The number of nitrogens with zero attached hydrogens (tertiary/aromatic N) is 3. The Hall–Kier alpha value is -2.97. The van der Waals surface area contributed by atoms with Crippen LogP contribution in [0.25, 0.3) is 11.5 Å². The molecular weight excluding hydrogens is 326 g/mol. The van der Waals surface area contributed by atoms with Crippen molar-refractivity contribution in [2.24, 2.45) is 0 Å². The summed E-state index contributed by atoms with van der Waals surface area (Å²) in [6.07, 6.45) is 1.88. The average Bonchev–Trinajstić information content (AvgIpc) is 3.04. The number of carboxylic acid groups (broad SMARTS) is 1. The molecular formula is C17H17N3O5. The van der Waals surface area contributed by atoms with Crippen LogP contribution in [0.15, 0.2) is 36.5 Å². The van der Waals surface area contributed by atoms with Crippen molar-refractivity contribution in [2.45, 2.75) is 13.2 Å². The van der Waals surface area contributed by atoms with Gasteiger partial charge in [-0.25, -0.2) is 24.5 Å². The van der Waals surface area contributed by atoms with Gasteiger partial charge in [-0.1, -0.05) is 6.07 Å². The highest BCUT2D eigenvalue weighted by Crippen LogP contribution is 2.25. The quantitative estimate of drug-likeness (QED) is 0.519. The number of fused-ring (bicyclic) bond motifs is 1. The molecule has 2 aliphatic heterocycles. The van der Waals surface area contributed by atoms with Gasteiger partial charge in [-0.15, -0.1) is 0 Å². The van der Waals surface area contributed by atoms with E-state index in [0.717, 1.165) is 11.3 Å². The molecule has 0 atom stereocenters. The van der Waals surface area contributed by atoms with Crippen LogP contribution >= 0.6 is 0 Å². The van der Waals surface area contributed by atoms with Gasteiger partial charge in [0.15, 0.2) is 11.6 Å². The summed E-state index contributed by atoms with van der Waals surface area (Å²) < 4.78 is 7.24. The van der Waals surface area contributed by atoms with Gasteiger partial charge in [0.25, 0.3) is 0 Å². The molecule has 8 heteroatoms. The van der Waals surface area contributed by atoms with Gasteiger partial charge < -0.3 is 14.4 Å². The fourth-order valence-electron chi connectivity index (χ4n) is 2.52. The summed E-state index contributed by atoms with van der Waals surface area (Å²) in [6.45, 7) is 0.617. The molecule has 2 heterocycles. The van der Waals surface area contributed by atoms with Gasteiger partial charge in [0.05, 0.1) is 26.3 Å². The summed E-state index contributed by atoms with van der Waals surface area (Å²) in [7, 11) is 2.94. The van der Waals surface area contributed by atoms with Crippen LogP contribution < -0.4 is 4.74 Å². The fraction of sp³-hybridized carbons (Fsp3) is 0.235. The molecule has 0 saturated carbocycles. The predicted octanol–water partition coefficient (Wildman–Crippen LogP) is 2.22. The maximum Gasteiger partial charge on any atom is 0.335 e. The highest BCUT2D eigenvalue weighted by Gasteiger charge is 2.16. The molecule has 0 aromatic heterocycles. The van der Waals surface area contributed by atoms with Gasteiger partial charge in [0, 0.05) is 11.8 Å². The van der Waals surface area contributed by atoms with E-state index < -0.39 is 5.97 Å². The summed E-state index contributed by atoms with van der Waals surface area (Å²) in [5.41, 5.74) is 1.75. The third kappa shape index (κ3) is 3.59. The maximum absolute atomic E-state index is 11.1. The highest BCUT2D eigenvalue weighted by molar-refractivity contribution is 5.88. The smallest absolute Gasteiger partial charge is 0.335 e. The van der Waals surface area contributed by atoms with E-state index in [1.807, 2.05) is 22.9 Å². The molecule has 25 heavy (non-hydrogen) atoms. The SMILES string of the molecule is COOCc1nc2cccn(Cc3ccc(C(=O)O)cc3OC)c-2n1. The van der Waals surface area contributed by atoms with E-state index >= 15 is 0 Å². The number of benzene rings is 1. The second-order valence-electron chi connectivity index (χ2n) is 5.25. The summed E-state index contributed by atoms with van der Waals surface area (Å²) in [4.78, 5) is 29.4. The Morgan fingerprint density at radius 3 is 2.80 bits per heavy atom. The molecule has 2 aliphatic rings. The van der Waals surface area contributed by atoms with Crippen molar-refractivity contribution in [3.05, 3.63) is 53.5 Å². The molecule has 0 bridgehead atoms. The average molecular weight is 343 g/mol. The maximum atomic E-state index is 11.1. The monoisotopic (exact) mass is 343 g/mol. The molecule has 0 fully saturated rings. The molecule has 0 saturated heterocycles. The number of carboxylic acids is 1. The third-order valence-electron chi connectivity index (χ3n) is 3.69. The molecule has 3 rings (SSSR count). The predicted molar refractivity (Wildman–Crippen MR) is 87.5 cm³/mol. The number of aromatic carboxylic acids is 1. The van der Waals surface area contributed by atoms with Gasteiger partial charge in [-0.05, 0) is 24.3 Å². The Labute approximate surface area is 143 Å². The standard InChI is InChI=1S/C17H17N3O5/c1-23-14-8-11(17(21)22)5-6-12(14)9-20-7-3-4-13-16(20)19-15(18-13)10-25-24-2/h3-8H,9-10H2,1-2H3,(H,21,22). The first-order valence-corrected chi connectivity index (χ1v) is 7.50. The number of hydrogen-bond acceptors (Lipinski definition) is 6. The second-order valence-corrected chi connectivity index (χ2v) is 5.25. The van der Waals surface area contributed by atoms with E-state index in [0.29, 0.717) is 23.9 Å². The minimum Gasteiger partial charge on any atom is -0.496 e. The lowest BCUT2D eigenvalue weighted by atomic mass is 10.1. The zero-order chi connectivity index (χ0) is 17.8. The number of pyridine rings is 1. The van der Waals surface area contributed by atoms with Crippen molar-refractivity contribution in [3.8, 4) is 17.3 Å². The molecule has 0 unspecified atom stereocenters. The van der Waals surface area contributed by atoms with Crippen LogP contribution in [0.5, 0.6) is 5.75 Å². The number of carbonyl (C=O) groups is 1. The normalized spacial score (nSPS) is 11.0. The van der Waals surface area contributed by atoms with E-state index in [9.17, 15) is 4.79 Å². The number of hydrogen-bond donors (Lipinski definition) is 1. The summed E-state index contributed by atoms with van der Waals surface area (Å²) in [5, 5.41) is 9.10. The largest absolute Gasteiger partial charge is 0.496 e. The summed E-state index contributed by atoms with van der Waals surface area (Å²) >= 11 is 0. The van der Waals surface area contributed by atoms with Crippen molar-refractivity contribution in [1.29, 1.82) is 0 Å². The van der Waals surface area contributed by atoms with Crippen molar-refractivity contribution in [2.75, 3.05) is 14.2 Å². The van der Waals surface area contributed by atoms with Crippen molar-refractivity contribution < 1.29 is 24.4 Å². The molecule has 0 radical (unpaired) electrons. The second kappa shape index (κ2) is 7.29. The first-order valence-electron chi connectivity index (χ1n) is 7.50. The number of rotatable bonds is 7. The van der Waals surface area contributed by atoms with Crippen LogP contribution in [-0.4, -0.2) is 39.8 Å². The van der Waals surface area contributed by atoms with Gasteiger partial charge in [-0.2, -0.15) is 0 Å². The van der Waals surface area contributed by atoms with E-state index in [2.05, 4.69) is 14.9 Å². The highest BCUT2D eigenvalue weighted by atomic mass is 17.2. The van der Waals surface area contributed by atoms with Gasteiger partial charge >= 0.3 is 5.97 Å². The summed E-state index contributed by atoms with van der Waals surface area (Å²) in [6, 6.07) is 8.53. The fourth-order valence-corrected chi connectivity index (χ4v) is 2.52. The number of imidazole rings is 1. The Morgan fingerprint density at radius 1 is 1.24 bits per heavy atom. The Balaban J connectivity index is 1.93. The molecule has 0 aliphatic carbocycles. The molecule has 1 N–H and O–H groups in total. The van der Waals surface area contributed by atoms with Gasteiger partial charge in [-0.3, -0.25) is 0 Å².